The van der Waals surface area contributed by atoms with Crippen molar-refractivity contribution in [1.82, 2.24) is 4.98 Å². The van der Waals surface area contributed by atoms with E-state index in [1.807, 2.05) is 0 Å². The second-order valence-electron chi connectivity index (χ2n) is 3.86. The molecule has 0 aliphatic rings. The first-order chi connectivity index (χ1) is 9.31. The number of hydrogen-bond acceptors (Lipinski definition) is 5. The summed E-state index contributed by atoms with van der Waals surface area (Å²) in [5.41, 5.74) is 0.378. The largest absolute Gasteiger partial charge is 0.477 e. The minimum absolute atomic E-state index is 0.0494. The van der Waals surface area contributed by atoms with Gasteiger partial charge in [-0.05, 0) is 30.0 Å². The van der Waals surface area contributed by atoms with Crippen molar-refractivity contribution in [3.8, 4) is 0 Å². The third-order valence-electron chi connectivity index (χ3n) is 2.36. The Morgan fingerprint density at radius 2 is 2.15 bits per heavy atom. The smallest absolute Gasteiger partial charge is 0.347 e. The van der Waals surface area contributed by atoms with Gasteiger partial charge in [-0.15, -0.1) is 11.3 Å². The molecule has 0 saturated heterocycles. The van der Waals surface area contributed by atoms with Crippen molar-refractivity contribution in [2.75, 3.05) is 4.72 Å². The third kappa shape index (κ3) is 2.78. The number of aromatic carboxylic acids is 1. The molecule has 0 aliphatic carbocycles. The maximum atomic E-state index is 12.7. The van der Waals surface area contributed by atoms with Crippen LogP contribution in [-0.4, -0.2) is 24.5 Å². The number of carboxylic acids is 1. The molecule has 0 fully saturated rings. The molecule has 0 bridgehead atoms. The molecule has 20 heavy (non-hydrogen) atoms. The van der Waals surface area contributed by atoms with Gasteiger partial charge in [0.15, 0.2) is 0 Å². The lowest BCUT2D eigenvalue weighted by Crippen LogP contribution is -2.16. The number of rotatable bonds is 4. The van der Waals surface area contributed by atoms with E-state index in [9.17, 15) is 17.6 Å². The number of aromatic nitrogens is 1. The Morgan fingerprint density at radius 1 is 1.45 bits per heavy atom. The van der Waals surface area contributed by atoms with Gasteiger partial charge in [-0.25, -0.2) is 18.2 Å². The van der Waals surface area contributed by atoms with Gasteiger partial charge in [0.25, 0.3) is 10.0 Å². The number of thiophene rings is 1. The van der Waals surface area contributed by atoms with Gasteiger partial charge in [-0.2, -0.15) is 4.39 Å². The van der Waals surface area contributed by atoms with Crippen LogP contribution in [0.5, 0.6) is 0 Å². The average Bonchev–Trinajstić information content (AvgIpc) is 2.75. The number of nitrogens with one attached hydrogen (secondary N) is 1. The first kappa shape index (κ1) is 14.4. The first-order valence-corrected chi connectivity index (χ1v) is 7.63. The van der Waals surface area contributed by atoms with Crippen molar-refractivity contribution in [1.29, 1.82) is 0 Å². The molecular formula is C11H9FN2O4S2. The summed E-state index contributed by atoms with van der Waals surface area (Å²) in [5, 5.41) is 10.4. The van der Waals surface area contributed by atoms with Crippen molar-refractivity contribution < 1.29 is 22.7 Å². The molecule has 0 aliphatic heterocycles. The number of carboxylic acid groups (broad SMARTS) is 1. The number of anilines is 1. The zero-order chi connectivity index (χ0) is 14.9. The summed E-state index contributed by atoms with van der Waals surface area (Å²) in [4.78, 5) is 13.8. The summed E-state index contributed by atoms with van der Waals surface area (Å²) in [5.74, 6) is -2.06. The Labute approximate surface area is 118 Å². The lowest BCUT2D eigenvalue weighted by atomic mass is 10.3. The zero-order valence-electron chi connectivity index (χ0n) is 10.1. The minimum atomic E-state index is -4.07. The van der Waals surface area contributed by atoms with Crippen LogP contribution in [0.1, 0.15) is 15.2 Å². The molecule has 0 unspecified atom stereocenters. The van der Waals surface area contributed by atoms with E-state index in [4.69, 9.17) is 5.11 Å². The Kier molecular flexibility index (Phi) is 3.73. The van der Waals surface area contributed by atoms with Gasteiger partial charge < -0.3 is 5.11 Å². The van der Waals surface area contributed by atoms with E-state index >= 15 is 0 Å². The second kappa shape index (κ2) is 5.17. The van der Waals surface area contributed by atoms with E-state index in [1.165, 1.54) is 18.4 Å². The van der Waals surface area contributed by atoms with Crippen molar-refractivity contribution in [2.24, 2.45) is 0 Å². The molecule has 2 aromatic rings. The number of halogens is 1. The lowest BCUT2D eigenvalue weighted by molar-refractivity contribution is 0.0698. The van der Waals surface area contributed by atoms with Gasteiger partial charge in [-0.3, -0.25) is 4.72 Å². The van der Waals surface area contributed by atoms with Gasteiger partial charge in [-0.1, -0.05) is 0 Å². The standard InChI is InChI=1S/C11H9FN2O4S2/c1-6-5-19-9(11(15)16)10(6)20(17,18)14-7-2-3-8(12)13-4-7/h2-5,14H,1H3,(H,15,16). The van der Waals surface area contributed by atoms with E-state index in [0.717, 1.165) is 23.6 Å². The van der Waals surface area contributed by atoms with Crippen molar-refractivity contribution in [2.45, 2.75) is 11.8 Å². The number of aryl methyl sites for hydroxylation is 1. The highest BCUT2D eigenvalue weighted by Crippen LogP contribution is 2.28. The van der Waals surface area contributed by atoms with E-state index < -0.39 is 21.9 Å². The Balaban J connectivity index is 2.43. The lowest BCUT2D eigenvalue weighted by Gasteiger charge is -2.08. The van der Waals surface area contributed by atoms with Crippen molar-refractivity contribution in [3.05, 3.63) is 40.1 Å². The fourth-order valence-corrected chi connectivity index (χ4v) is 4.23. The molecular weight excluding hydrogens is 307 g/mol. The first-order valence-electron chi connectivity index (χ1n) is 5.27. The maximum absolute atomic E-state index is 12.7. The van der Waals surface area contributed by atoms with Crippen molar-refractivity contribution >= 4 is 33.0 Å². The molecule has 106 valence electrons. The molecule has 2 aromatic heterocycles. The summed E-state index contributed by atoms with van der Waals surface area (Å²) in [6, 6.07) is 2.19. The van der Waals surface area contributed by atoms with Crippen LogP contribution in [0.25, 0.3) is 0 Å². The number of nitrogens with zero attached hydrogens (tertiary/aromatic N) is 1. The van der Waals surface area contributed by atoms with E-state index in [2.05, 4.69) is 9.71 Å². The molecule has 0 aromatic carbocycles. The molecule has 2 heterocycles. The molecule has 0 amide bonds. The second-order valence-corrected chi connectivity index (χ2v) is 6.36. The number of hydrogen-bond donors (Lipinski definition) is 2. The number of pyridine rings is 1. The Hall–Kier alpha value is -2.00. The van der Waals surface area contributed by atoms with E-state index in [-0.39, 0.29) is 15.5 Å². The SMILES string of the molecule is Cc1csc(C(=O)O)c1S(=O)(=O)Nc1ccc(F)nc1. The molecule has 0 saturated carbocycles. The highest BCUT2D eigenvalue weighted by molar-refractivity contribution is 7.93. The van der Waals surface area contributed by atoms with Crippen LogP contribution in [0, 0.1) is 12.9 Å². The Bertz CT molecular complexity index is 753. The number of carbonyl (C=O) groups is 1. The van der Waals surface area contributed by atoms with Crippen LogP contribution in [0.2, 0.25) is 0 Å². The van der Waals surface area contributed by atoms with Gasteiger partial charge in [0.1, 0.15) is 9.77 Å². The predicted molar refractivity (Wildman–Crippen MR) is 71.0 cm³/mol. The molecule has 0 radical (unpaired) electrons. The summed E-state index contributed by atoms with van der Waals surface area (Å²) in [6.07, 6.45) is 1.01. The molecule has 0 atom stereocenters. The van der Waals surface area contributed by atoms with Gasteiger partial charge in [0, 0.05) is 0 Å². The summed E-state index contributed by atoms with van der Waals surface area (Å²) >= 11 is 0.830. The molecule has 9 heteroatoms. The van der Waals surface area contributed by atoms with Crippen molar-refractivity contribution in [3.63, 3.8) is 0 Å². The zero-order valence-corrected chi connectivity index (χ0v) is 11.8. The van der Waals surface area contributed by atoms with E-state index in [1.54, 1.807) is 0 Å². The quantitative estimate of drug-likeness (QED) is 0.842. The van der Waals surface area contributed by atoms with Crippen LogP contribution in [0.15, 0.2) is 28.6 Å². The van der Waals surface area contributed by atoms with E-state index in [0.29, 0.717) is 5.56 Å². The highest BCUT2D eigenvalue weighted by atomic mass is 32.2. The fourth-order valence-electron chi connectivity index (χ4n) is 1.56. The monoisotopic (exact) mass is 316 g/mol. The molecule has 6 nitrogen and oxygen atoms in total. The van der Waals surface area contributed by atoms with Crippen LogP contribution in [-0.2, 0) is 10.0 Å². The highest BCUT2D eigenvalue weighted by Gasteiger charge is 2.26. The van der Waals surface area contributed by atoms with Crippen LogP contribution in [0.3, 0.4) is 0 Å². The third-order valence-corrected chi connectivity index (χ3v) is 5.14. The average molecular weight is 316 g/mol. The normalized spacial score (nSPS) is 11.3. The van der Waals surface area contributed by atoms with Crippen LogP contribution < -0.4 is 4.72 Å². The predicted octanol–water partition coefficient (Wildman–Crippen LogP) is 2.09. The van der Waals surface area contributed by atoms with Crippen LogP contribution in [0.4, 0.5) is 10.1 Å². The molecule has 2 N–H and O–H groups in total. The van der Waals surface area contributed by atoms with Gasteiger partial charge in [0.05, 0.1) is 11.9 Å². The summed E-state index contributed by atoms with van der Waals surface area (Å²) < 4.78 is 39.2. The van der Waals surface area contributed by atoms with Gasteiger partial charge in [0.2, 0.25) is 5.95 Å². The minimum Gasteiger partial charge on any atom is -0.477 e. The van der Waals surface area contributed by atoms with Gasteiger partial charge >= 0.3 is 5.97 Å². The maximum Gasteiger partial charge on any atom is 0.347 e. The topological polar surface area (TPSA) is 96.4 Å². The summed E-state index contributed by atoms with van der Waals surface area (Å²) in [7, 11) is -4.07. The summed E-state index contributed by atoms with van der Waals surface area (Å²) in [6.45, 7) is 1.50. The Morgan fingerprint density at radius 3 is 2.70 bits per heavy atom. The number of sulfonamides is 1. The molecule has 0 spiro atoms. The molecule has 2 rings (SSSR count). The fraction of sp³-hybridized carbons (Fsp3) is 0.0909. The van der Waals surface area contributed by atoms with Crippen LogP contribution >= 0.6 is 11.3 Å².